The Balaban J connectivity index is 1.78. The number of hydrogen-bond donors (Lipinski definition) is 2. The summed E-state index contributed by atoms with van der Waals surface area (Å²) >= 11 is 1.36. The van der Waals surface area contributed by atoms with Gasteiger partial charge in [0, 0.05) is 24.0 Å². The highest BCUT2D eigenvalue weighted by atomic mass is 32.1. The minimum Gasteiger partial charge on any atom is -0.397 e. The van der Waals surface area contributed by atoms with E-state index in [1.165, 1.54) is 11.3 Å². The molecule has 2 N–H and O–H groups in total. The fraction of sp³-hybridized carbons (Fsp3) is 0.500. The molecule has 0 atom stereocenters. The average Bonchev–Trinajstić information content (AvgIpc) is 3.29. The number of fused-ring (bicyclic) bond motifs is 1. The van der Waals surface area contributed by atoms with Gasteiger partial charge in [0.2, 0.25) is 0 Å². The summed E-state index contributed by atoms with van der Waals surface area (Å²) in [6.07, 6.45) is 4.47. The maximum Gasteiger partial charge on any atom is 0.308 e. The van der Waals surface area contributed by atoms with Crippen molar-refractivity contribution in [1.82, 2.24) is 29.8 Å². The van der Waals surface area contributed by atoms with Gasteiger partial charge in [0.05, 0.1) is 0 Å². The lowest BCUT2D eigenvalue weighted by atomic mass is 9.98. The van der Waals surface area contributed by atoms with Crippen LogP contribution in [0.4, 0.5) is 0 Å². The van der Waals surface area contributed by atoms with E-state index < -0.39 is 0 Å². The molecule has 0 unspecified atom stereocenters. The van der Waals surface area contributed by atoms with E-state index in [0.29, 0.717) is 28.8 Å². The first kappa shape index (κ1) is 16.2. The maximum absolute atomic E-state index is 12.9. The Labute approximate surface area is 148 Å². The Morgan fingerprint density at radius 3 is 2.92 bits per heavy atom. The molecule has 1 saturated heterocycles. The molecule has 3 aromatic heterocycles. The van der Waals surface area contributed by atoms with E-state index in [9.17, 15) is 4.79 Å². The summed E-state index contributed by atoms with van der Waals surface area (Å²) in [4.78, 5) is 29.3. The number of aromatic nitrogens is 5. The van der Waals surface area contributed by atoms with Crippen LogP contribution in [-0.4, -0.2) is 37.6 Å². The number of hydrogen-bond acceptors (Lipinski definition) is 7. The van der Waals surface area contributed by atoms with Gasteiger partial charge in [-0.15, -0.1) is 0 Å². The predicted molar refractivity (Wildman–Crippen MR) is 95.5 cm³/mol. The minimum atomic E-state index is -0.147. The van der Waals surface area contributed by atoms with Crippen molar-refractivity contribution in [3.8, 4) is 11.2 Å². The van der Waals surface area contributed by atoms with E-state index in [2.05, 4.69) is 25.3 Å². The maximum atomic E-state index is 12.9. The number of thiazole rings is 1. The Morgan fingerprint density at radius 2 is 2.20 bits per heavy atom. The van der Waals surface area contributed by atoms with Crippen LogP contribution >= 0.6 is 11.3 Å². The molecule has 1 aliphatic heterocycles. The van der Waals surface area contributed by atoms with Crippen molar-refractivity contribution >= 4 is 22.5 Å². The van der Waals surface area contributed by atoms with Gasteiger partial charge in [0.25, 0.3) is 10.8 Å². The van der Waals surface area contributed by atoms with Gasteiger partial charge in [0.1, 0.15) is 5.82 Å². The van der Waals surface area contributed by atoms with Gasteiger partial charge in [-0.2, -0.15) is 4.98 Å². The zero-order valence-corrected chi connectivity index (χ0v) is 14.8. The van der Waals surface area contributed by atoms with E-state index in [4.69, 9.17) is 4.74 Å². The first-order valence-electron chi connectivity index (χ1n) is 8.54. The van der Waals surface area contributed by atoms with Gasteiger partial charge in [-0.05, 0) is 32.4 Å². The van der Waals surface area contributed by atoms with Crippen LogP contribution in [0.3, 0.4) is 0 Å². The first-order chi connectivity index (χ1) is 12.3. The molecule has 0 bridgehead atoms. The third kappa shape index (κ3) is 3.16. The van der Waals surface area contributed by atoms with E-state index >= 15 is 0 Å². The first-order valence-corrected chi connectivity index (χ1v) is 9.42. The normalized spacial score (nSPS) is 15.7. The van der Waals surface area contributed by atoms with Crippen LogP contribution in [0.25, 0.3) is 11.2 Å². The number of rotatable bonds is 5. The van der Waals surface area contributed by atoms with Crippen molar-refractivity contribution < 1.29 is 4.74 Å². The van der Waals surface area contributed by atoms with Gasteiger partial charge in [0.15, 0.2) is 11.2 Å². The molecule has 0 spiro atoms. The molecule has 0 aliphatic carbocycles. The third-order valence-corrected chi connectivity index (χ3v) is 5.00. The molecule has 4 rings (SSSR count). The standard InChI is InChI=1S/C16H20N6O2S/c1-2-8-22-14(23)11-13(21-15(22)24-16-18-7-9-25-16)20-12(19-11)10-3-5-17-6-4-10/h7,9-10,17H,2-6,8H2,1H3,(H,19,20). The molecule has 0 amide bonds. The van der Waals surface area contributed by atoms with Gasteiger partial charge in [-0.3, -0.25) is 9.36 Å². The lowest BCUT2D eigenvalue weighted by Crippen LogP contribution is -2.27. The van der Waals surface area contributed by atoms with E-state index in [1.807, 2.05) is 12.3 Å². The number of nitrogens with zero attached hydrogens (tertiary/aromatic N) is 4. The molecule has 3 aromatic rings. The van der Waals surface area contributed by atoms with Gasteiger partial charge in [-0.25, -0.2) is 9.97 Å². The van der Waals surface area contributed by atoms with Crippen molar-refractivity contribution in [1.29, 1.82) is 0 Å². The second-order valence-corrected chi connectivity index (χ2v) is 6.95. The second-order valence-electron chi connectivity index (χ2n) is 6.10. The number of nitrogens with one attached hydrogen (secondary N) is 2. The molecule has 1 fully saturated rings. The summed E-state index contributed by atoms with van der Waals surface area (Å²) in [6, 6.07) is 0.248. The molecule has 1 aliphatic rings. The summed E-state index contributed by atoms with van der Waals surface area (Å²) < 4.78 is 7.29. The zero-order chi connectivity index (χ0) is 17.2. The van der Waals surface area contributed by atoms with Crippen LogP contribution in [0.1, 0.15) is 37.9 Å². The van der Waals surface area contributed by atoms with Crippen molar-refractivity contribution in [3.63, 3.8) is 0 Å². The zero-order valence-electron chi connectivity index (χ0n) is 14.0. The lowest BCUT2D eigenvalue weighted by Gasteiger charge is -2.20. The smallest absolute Gasteiger partial charge is 0.308 e. The molecule has 8 nitrogen and oxygen atoms in total. The Bertz CT molecular complexity index is 911. The topological polar surface area (TPSA) is 97.7 Å². The highest BCUT2D eigenvalue weighted by Crippen LogP contribution is 2.26. The van der Waals surface area contributed by atoms with Crippen LogP contribution in [0.15, 0.2) is 16.4 Å². The molecular weight excluding hydrogens is 340 g/mol. The summed E-state index contributed by atoms with van der Waals surface area (Å²) in [5.41, 5.74) is 0.719. The van der Waals surface area contributed by atoms with Crippen LogP contribution in [-0.2, 0) is 6.54 Å². The highest BCUT2D eigenvalue weighted by molar-refractivity contribution is 7.11. The number of piperidine rings is 1. The van der Waals surface area contributed by atoms with Gasteiger partial charge in [-0.1, -0.05) is 18.3 Å². The summed E-state index contributed by atoms with van der Waals surface area (Å²) in [7, 11) is 0. The number of imidazole rings is 1. The molecule has 25 heavy (non-hydrogen) atoms. The molecule has 0 aromatic carbocycles. The highest BCUT2D eigenvalue weighted by Gasteiger charge is 2.22. The predicted octanol–water partition coefficient (Wildman–Crippen LogP) is 2.25. The number of H-pyrrole nitrogens is 1. The minimum absolute atomic E-state index is 0.147. The SMILES string of the molecule is CCCn1c(Oc2nccs2)nc2nc(C3CCNCC3)[nH]c2c1=O. The van der Waals surface area contributed by atoms with Gasteiger partial charge < -0.3 is 15.0 Å². The van der Waals surface area contributed by atoms with E-state index in [1.54, 1.807) is 10.8 Å². The number of aromatic amines is 1. The summed E-state index contributed by atoms with van der Waals surface area (Å²) in [6.45, 7) is 4.47. The van der Waals surface area contributed by atoms with E-state index in [0.717, 1.165) is 38.2 Å². The third-order valence-electron chi connectivity index (χ3n) is 4.36. The largest absolute Gasteiger partial charge is 0.397 e. The monoisotopic (exact) mass is 360 g/mol. The summed E-state index contributed by atoms with van der Waals surface area (Å²) in [5, 5.41) is 5.62. The molecule has 132 valence electrons. The van der Waals surface area contributed by atoms with E-state index in [-0.39, 0.29) is 11.6 Å². The summed E-state index contributed by atoms with van der Waals surface area (Å²) in [5.74, 6) is 1.17. The van der Waals surface area contributed by atoms with Crippen molar-refractivity contribution in [2.24, 2.45) is 0 Å². The van der Waals surface area contributed by atoms with Crippen molar-refractivity contribution in [3.05, 3.63) is 27.8 Å². The van der Waals surface area contributed by atoms with Crippen LogP contribution < -0.4 is 15.6 Å². The van der Waals surface area contributed by atoms with Crippen LogP contribution in [0.2, 0.25) is 0 Å². The van der Waals surface area contributed by atoms with Gasteiger partial charge >= 0.3 is 6.01 Å². The Kier molecular flexibility index (Phi) is 4.50. The number of ether oxygens (including phenoxy) is 1. The Hall–Kier alpha value is -2.26. The molecular formula is C16H20N6O2S. The molecule has 0 saturated carbocycles. The Morgan fingerprint density at radius 1 is 1.36 bits per heavy atom. The van der Waals surface area contributed by atoms with Crippen LogP contribution in [0, 0.1) is 0 Å². The van der Waals surface area contributed by atoms with Crippen LogP contribution in [0.5, 0.6) is 11.2 Å². The average molecular weight is 360 g/mol. The quantitative estimate of drug-likeness (QED) is 0.724. The molecule has 9 heteroatoms. The molecule has 0 radical (unpaired) electrons. The lowest BCUT2D eigenvalue weighted by molar-refractivity contribution is 0.396. The fourth-order valence-corrected chi connectivity index (χ4v) is 3.59. The molecule has 4 heterocycles. The second kappa shape index (κ2) is 6.93. The fourth-order valence-electron chi connectivity index (χ4n) is 3.11. The van der Waals surface area contributed by atoms with Crippen molar-refractivity contribution in [2.75, 3.05) is 13.1 Å². The van der Waals surface area contributed by atoms with Crippen molar-refractivity contribution in [2.45, 2.75) is 38.6 Å².